The van der Waals surface area contributed by atoms with Gasteiger partial charge in [-0.25, -0.2) is 0 Å². The molecule has 2 unspecified atom stereocenters. The van der Waals surface area contributed by atoms with E-state index < -0.39 is 0 Å². The van der Waals surface area contributed by atoms with Crippen molar-refractivity contribution in [2.45, 2.75) is 33.1 Å². The molecule has 0 radical (unpaired) electrons. The van der Waals surface area contributed by atoms with Gasteiger partial charge in [0.15, 0.2) is 11.5 Å². The van der Waals surface area contributed by atoms with E-state index in [-0.39, 0.29) is 11.8 Å². The first-order chi connectivity index (χ1) is 10.0. The van der Waals surface area contributed by atoms with Gasteiger partial charge in [-0.3, -0.25) is 0 Å². The maximum Gasteiger partial charge on any atom is 0.205 e. The number of halogens is 1. The van der Waals surface area contributed by atoms with Crippen molar-refractivity contribution in [3.05, 3.63) is 16.7 Å². The second kappa shape index (κ2) is 8.05. The van der Waals surface area contributed by atoms with Crippen molar-refractivity contribution in [3.8, 4) is 29.1 Å². The average Bonchev–Trinajstić information content (AvgIpc) is 2.50. The minimum Gasteiger partial charge on any atom is -0.492 e. The van der Waals surface area contributed by atoms with E-state index in [2.05, 4.69) is 25.7 Å². The van der Waals surface area contributed by atoms with Crippen molar-refractivity contribution < 1.29 is 14.2 Å². The molecule has 0 saturated heterocycles. The molecule has 3 nitrogen and oxygen atoms in total. The van der Waals surface area contributed by atoms with Gasteiger partial charge in [0.1, 0.15) is 0 Å². The van der Waals surface area contributed by atoms with Gasteiger partial charge in [-0.2, -0.15) is 0 Å². The van der Waals surface area contributed by atoms with Crippen LogP contribution in [-0.2, 0) is 0 Å². The summed E-state index contributed by atoms with van der Waals surface area (Å²) in [4.78, 5) is 0. The van der Waals surface area contributed by atoms with E-state index >= 15 is 0 Å². The molecule has 4 heteroatoms. The molecule has 0 heterocycles. The molecule has 2 atom stereocenters. The Morgan fingerprint density at radius 3 is 2.10 bits per heavy atom. The van der Waals surface area contributed by atoms with Crippen LogP contribution in [0.2, 0.25) is 5.02 Å². The van der Waals surface area contributed by atoms with Crippen molar-refractivity contribution in [1.29, 1.82) is 0 Å². The second-order valence-electron chi connectivity index (χ2n) is 4.80. The van der Waals surface area contributed by atoms with Crippen molar-refractivity contribution in [1.82, 2.24) is 0 Å². The highest BCUT2D eigenvalue weighted by molar-refractivity contribution is 6.32. The fourth-order valence-electron chi connectivity index (χ4n) is 2.19. The van der Waals surface area contributed by atoms with E-state index in [0.29, 0.717) is 22.3 Å². The molecule has 21 heavy (non-hydrogen) atoms. The molecule has 1 aromatic rings. The summed E-state index contributed by atoms with van der Waals surface area (Å²) in [5.41, 5.74) is 0.970. The molecule has 0 bridgehead atoms. The monoisotopic (exact) mass is 310 g/mol. The molecule has 0 spiro atoms. The normalized spacial score (nSPS) is 12.9. The summed E-state index contributed by atoms with van der Waals surface area (Å²) in [7, 11) is 4.75. The molecular formula is C17H23ClO3. The summed E-state index contributed by atoms with van der Waals surface area (Å²) < 4.78 is 16.3. The summed E-state index contributed by atoms with van der Waals surface area (Å²) in [5.74, 6) is 8.37. The number of benzene rings is 1. The lowest BCUT2D eigenvalue weighted by atomic mass is 9.88. The van der Waals surface area contributed by atoms with Crippen LogP contribution in [0.15, 0.2) is 6.07 Å². The van der Waals surface area contributed by atoms with E-state index in [1.165, 1.54) is 0 Å². The van der Waals surface area contributed by atoms with Crippen LogP contribution >= 0.6 is 11.6 Å². The zero-order valence-electron chi connectivity index (χ0n) is 13.5. The fourth-order valence-corrected chi connectivity index (χ4v) is 2.47. The van der Waals surface area contributed by atoms with Crippen molar-refractivity contribution >= 4 is 11.6 Å². The number of hydrogen-bond acceptors (Lipinski definition) is 3. The van der Waals surface area contributed by atoms with Crippen molar-refractivity contribution in [2.24, 2.45) is 5.92 Å². The molecule has 0 N–H and O–H groups in total. The quantitative estimate of drug-likeness (QED) is 0.748. The van der Waals surface area contributed by atoms with Gasteiger partial charge in [-0.1, -0.05) is 38.3 Å². The standard InChI is InChI=1S/C17H23ClO3/c1-7-8-9-11(2)12(3)13-10-14(18)16(20-5)17(21-6)15(13)19-4/h10-12H,7H2,1-6H3. The molecule has 0 amide bonds. The number of hydrogen-bond donors (Lipinski definition) is 0. The lowest BCUT2D eigenvalue weighted by Gasteiger charge is -2.22. The molecule has 0 aliphatic heterocycles. The Morgan fingerprint density at radius 1 is 1.05 bits per heavy atom. The Hall–Kier alpha value is -1.53. The van der Waals surface area contributed by atoms with Crippen LogP contribution in [0.5, 0.6) is 17.2 Å². The Balaban J connectivity index is 3.38. The van der Waals surface area contributed by atoms with Crippen LogP contribution in [0.4, 0.5) is 0 Å². The minimum atomic E-state index is 0.163. The molecule has 1 rings (SSSR count). The molecule has 1 aromatic carbocycles. The van der Waals surface area contributed by atoms with Crippen LogP contribution in [0.3, 0.4) is 0 Å². The van der Waals surface area contributed by atoms with E-state index in [0.717, 1.165) is 12.0 Å². The third-order valence-electron chi connectivity index (χ3n) is 3.53. The Kier molecular flexibility index (Phi) is 6.71. The van der Waals surface area contributed by atoms with E-state index in [1.54, 1.807) is 21.3 Å². The molecule has 0 aromatic heterocycles. The second-order valence-corrected chi connectivity index (χ2v) is 5.21. The summed E-state index contributed by atoms with van der Waals surface area (Å²) in [6.07, 6.45) is 0.848. The van der Waals surface area contributed by atoms with Gasteiger partial charge in [0, 0.05) is 17.9 Å². The third-order valence-corrected chi connectivity index (χ3v) is 3.81. The summed E-state index contributed by atoms with van der Waals surface area (Å²) in [6.45, 7) is 6.24. The van der Waals surface area contributed by atoms with Crippen LogP contribution in [0.1, 0.15) is 38.7 Å². The fraction of sp³-hybridized carbons (Fsp3) is 0.529. The Morgan fingerprint density at radius 2 is 1.62 bits per heavy atom. The molecule has 0 saturated carbocycles. The zero-order chi connectivity index (χ0) is 16.0. The maximum atomic E-state index is 6.30. The van der Waals surface area contributed by atoms with Gasteiger partial charge < -0.3 is 14.2 Å². The summed E-state index contributed by atoms with van der Waals surface area (Å²) >= 11 is 6.30. The first-order valence-electron chi connectivity index (χ1n) is 6.98. The Labute approximate surface area is 132 Å². The number of ether oxygens (including phenoxy) is 3. The van der Waals surface area contributed by atoms with Crippen molar-refractivity contribution in [2.75, 3.05) is 21.3 Å². The van der Waals surface area contributed by atoms with Gasteiger partial charge in [-0.05, 0) is 12.0 Å². The first kappa shape index (κ1) is 17.5. The van der Waals surface area contributed by atoms with E-state index in [9.17, 15) is 0 Å². The van der Waals surface area contributed by atoms with Crippen molar-refractivity contribution in [3.63, 3.8) is 0 Å². The topological polar surface area (TPSA) is 27.7 Å². The number of rotatable bonds is 5. The van der Waals surface area contributed by atoms with Gasteiger partial charge in [0.05, 0.1) is 26.4 Å². The molecule has 116 valence electrons. The molecular weight excluding hydrogens is 288 g/mol. The predicted molar refractivity (Wildman–Crippen MR) is 86.8 cm³/mol. The van der Waals surface area contributed by atoms with Gasteiger partial charge in [0.25, 0.3) is 0 Å². The summed E-state index contributed by atoms with van der Waals surface area (Å²) in [6, 6.07) is 1.87. The number of methoxy groups -OCH3 is 3. The SMILES string of the molecule is CCC#CC(C)C(C)c1cc(Cl)c(OC)c(OC)c1OC. The van der Waals surface area contributed by atoms with E-state index in [4.69, 9.17) is 25.8 Å². The lowest BCUT2D eigenvalue weighted by Crippen LogP contribution is -2.08. The first-order valence-corrected chi connectivity index (χ1v) is 7.36. The molecule has 0 fully saturated rings. The highest BCUT2D eigenvalue weighted by Crippen LogP contribution is 2.48. The summed E-state index contributed by atoms with van der Waals surface area (Å²) in [5, 5.41) is 0.507. The third kappa shape index (κ3) is 3.77. The maximum absolute atomic E-state index is 6.30. The predicted octanol–water partition coefficient (Wildman–Crippen LogP) is 4.52. The van der Waals surface area contributed by atoms with Crippen LogP contribution in [0.25, 0.3) is 0 Å². The van der Waals surface area contributed by atoms with Crippen LogP contribution in [-0.4, -0.2) is 21.3 Å². The largest absolute Gasteiger partial charge is 0.492 e. The molecule has 0 aliphatic carbocycles. The van der Waals surface area contributed by atoms with Gasteiger partial charge in [-0.15, -0.1) is 5.92 Å². The zero-order valence-corrected chi connectivity index (χ0v) is 14.3. The van der Waals surface area contributed by atoms with Crippen LogP contribution < -0.4 is 14.2 Å². The lowest BCUT2D eigenvalue weighted by molar-refractivity contribution is 0.320. The Bertz CT molecular complexity index is 543. The van der Waals surface area contributed by atoms with Gasteiger partial charge >= 0.3 is 0 Å². The highest BCUT2D eigenvalue weighted by atomic mass is 35.5. The molecule has 0 aliphatic rings. The minimum absolute atomic E-state index is 0.163. The van der Waals surface area contributed by atoms with Gasteiger partial charge in [0.2, 0.25) is 5.75 Å². The highest BCUT2D eigenvalue weighted by Gasteiger charge is 2.25. The van der Waals surface area contributed by atoms with Crippen LogP contribution in [0, 0.1) is 17.8 Å². The smallest absolute Gasteiger partial charge is 0.205 e. The van der Waals surface area contributed by atoms with E-state index in [1.807, 2.05) is 13.0 Å². The average molecular weight is 311 g/mol.